The van der Waals surface area contributed by atoms with Crippen LogP contribution in [0.4, 0.5) is 0 Å². The van der Waals surface area contributed by atoms with E-state index in [1.54, 1.807) is 0 Å². The number of hydrogen-bond acceptors (Lipinski definition) is 2. The molecule has 2 heterocycles. The van der Waals surface area contributed by atoms with Crippen LogP contribution in [0.1, 0.15) is 36.9 Å². The van der Waals surface area contributed by atoms with Crippen molar-refractivity contribution in [2.24, 2.45) is 0 Å². The van der Waals surface area contributed by atoms with Gasteiger partial charge in [-0.05, 0) is 24.5 Å². The lowest BCUT2D eigenvalue weighted by molar-refractivity contribution is -0.166. The summed E-state index contributed by atoms with van der Waals surface area (Å²) in [6.07, 6.45) is 2.54. The van der Waals surface area contributed by atoms with Crippen molar-refractivity contribution in [3.05, 3.63) is 71.8 Å². The minimum Gasteiger partial charge on any atom is -0.294 e. The molecule has 2 aromatic carbocycles. The van der Waals surface area contributed by atoms with Gasteiger partial charge in [0.1, 0.15) is 0 Å². The van der Waals surface area contributed by atoms with E-state index in [2.05, 4.69) is 72.7 Å². The van der Waals surface area contributed by atoms with Crippen molar-refractivity contribution in [2.75, 3.05) is 0 Å². The van der Waals surface area contributed by atoms with Crippen molar-refractivity contribution >= 4 is 0 Å². The maximum atomic E-state index is 6.14. The third kappa shape index (κ3) is 1.72. The van der Waals surface area contributed by atoms with Gasteiger partial charge in [-0.2, -0.15) is 5.06 Å². The normalized spacial score (nSPS) is 35.4. The molecule has 0 aliphatic carbocycles. The van der Waals surface area contributed by atoms with Crippen LogP contribution in [-0.2, 0) is 10.4 Å². The first-order valence-corrected chi connectivity index (χ1v) is 7.34. The van der Waals surface area contributed by atoms with Gasteiger partial charge >= 0.3 is 0 Å². The molecular weight excluding hydrogens is 246 g/mol. The van der Waals surface area contributed by atoms with Gasteiger partial charge in [0.15, 0.2) is 0 Å². The lowest BCUT2D eigenvalue weighted by atomic mass is 9.80. The molecule has 2 aliphatic heterocycles. The molecule has 102 valence electrons. The standard InChI is InChI=1S/C18H19NO/c1-18(15-10-6-3-7-11-15)13-16-12-17(19(18)20-16)14-8-4-2-5-9-14/h2-11,16-17H,12-13H2,1H3/t16-,17-,18+/m0/s1. The smallest absolute Gasteiger partial charge is 0.0834 e. The molecule has 4 atom stereocenters. The van der Waals surface area contributed by atoms with Crippen LogP contribution in [0.5, 0.6) is 0 Å². The Morgan fingerprint density at radius 2 is 1.65 bits per heavy atom. The maximum absolute atomic E-state index is 6.14. The Balaban J connectivity index is 1.72. The Morgan fingerprint density at radius 1 is 1.00 bits per heavy atom. The minimum absolute atomic E-state index is 0.00924. The molecule has 2 aromatic rings. The second-order valence-corrected chi connectivity index (χ2v) is 6.06. The topological polar surface area (TPSA) is 12.5 Å². The van der Waals surface area contributed by atoms with Crippen LogP contribution in [0.3, 0.4) is 0 Å². The Bertz CT molecular complexity index is 597. The first-order valence-electron chi connectivity index (χ1n) is 7.34. The second kappa shape index (κ2) is 4.44. The van der Waals surface area contributed by atoms with Crippen molar-refractivity contribution in [1.82, 2.24) is 5.06 Å². The number of benzene rings is 2. The number of piperidine rings is 1. The van der Waals surface area contributed by atoms with Gasteiger partial charge in [0, 0.05) is 6.42 Å². The summed E-state index contributed by atoms with van der Waals surface area (Å²) < 4.78 is 0. The van der Waals surface area contributed by atoms with Gasteiger partial charge in [-0.15, -0.1) is 0 Å². The van der Waals surface area contributed by atoms with E-state index < -0.39 is 0 Å². The zero-order valence-electron chi connectivity index (χ0n) is 11.7. The number of rotatable bonds is 2. The van der Waals surface area contributed by atoms with Gasteiger partial charge in [-0.25, -0.2) is 0 Å². The van der Waals surface area contributed by atoms with Crippen molar-refractivity contribution in [1.29, 1.82) is 0 Å². The number of nitrogens with zero attached hydrogens (tertiary/aromatic N) is 1. The molecule has 0 radical (unpaired) electrons. The van der Waals surface area contributed by atoms with Crippen LogP contribution in [0.25, 0.3) is 0 Å². The number of fused-ring (bicyclic) bond motifs is 2. The van der Waals surface area contributed by atoms with Gasteiger partial charge in [-0.1, -0.05) is 60.7 Å². The zero-order chi connectivity index (χ0) is 13.6. The summed E-state index contributed by atoms with van der Waals surface area (Å²) in [7, 11) is 0. The lowest BCUT2D eigenvalue weighted by Gasteiger charge is -2.39. The summed E-state index contributed by atoms with van der Waals surface area (Å²) in [4.78, 5) is 6.14. The molecule has 2 saturated heterocycles. The lowest BCUT2D eigenvalue weighted by Crippen LogP contribution is -2.41. The van der Waals surface area contributed by atoms with Gasteiger partial charge < -0.3 is 0 Å². The molecule has 2 aliphatic rings. The highest BCUT2D eigenvalue weighted by molar-refractivity contribution is 5.29. The third-order valence-electron chi connectivity index (χ3n) is 4.72. The molecule has 0 spiro atoms. The van der Waals surface area contributed by atoms with Gasteiger partial charge in [-0.3, -0.25) is 4.84 Å². The van der Waals surface area contributed by atoms with Crippen LogP contribution >= 0.6 is 0 Å². The Hall–Kier alpha value is -1.64. The fourth-order valence-electron chi connectivity index (χ4n) is 3.72. The van der Waals surface area contributed by atoms with Crippen LogP contribution in [0.2, 0.25) is 0 Å². The Kier molecular flexibility index (Phi) is 2.69. The molecule has 20 heavy (non-hydrogen) atoms. The largest absolute Gasteiger partial charge is 0.294 e. The van der Waals surface area contributed by atoms with Gasteiger partial charge in [0.05, 0.1) is 17.7 Å². The van der Waals surface area contributed by atoms with E-state index in [4.69, 9.17) is 4.84 Å². The summed E-state index contributed by atoms with van der Waals surface area (Å²) >= 11 is 0. The molecule has 4 rings (SSSR count). The van der Waals surface area contributed by atoms with E-state index in [0.29, 0.717) is 12.1 Å². The van der Waals surface area contributed by atoms with Gasteiger partial charge in [0.25, 0.3) is 0 Å². The predicted octanol–water partition coefficient (Wildman–Crippen LogP) is 4.05. The first kappa shape index (κ1) is 12.1. The summed E-state index contributed by atoms with van der Waals surface area (Å²) in [5.74, 6) is 0. The number of hydrogen-bond donors (Lipinski definition) is 0. The van der Waals surface area contributed by atoms with Crippen LogP contribution in [0.15, 0.2) is 60.7 Å². The summed E-state index contributed by atoms with van der Waals surface area (Å²) in [6, 6.07) is 21.8. The summed E-state index contributed by atoms with van der Waals surface area (Å²) in [6.45, 7) is 2.30. The SMILES string of the molecule is C[C@]1(c2ccccc2)C[C@@H]2C[C@@H](c3ccccc3)N1O2. The quantitative estimate of drug-likeness (QED) is 0.812. The highest BCUT2D eigenvalue weighted by atomic mass is 16.7. The maximum Gasteiger partial charge on any atom is 0.0834 e. The van der Waals surface area contributed by atoms with Crippen molar-refractivity contribution in [3.8, 4) is 0 Å². The molecule has 0 saturated carbocycles. The molecule has 0 aromatic heterocycles. The van der Waals surface area contributed by atoms with E-state index in [-0.39, 0.29) is 5.54 Å². The van der Waals surface area contributed by atoms with Crippen LogP contribution < -0.4 is 0 Å². The Labute approximate surface area is 119 Å². The molecule has 2 nitrogen and oxygen atoms in total. The van der Waals surface area contributed by atoms with Gasteiger partial charge in [0.2, 0.25) is 0 Å². The third-order valence-corrected chi connectivity index (χ3v) is 4.72. The highest BCUT2D eigenvalue weighted by Gasteiger charge is 2.54. The molecule has 2 heteroatoms. The summed E-state index contributed by atoms with van der Waals surface area (Å²) in [5.41, 5.74) is 2.70. The molecule has 0 amide bonds. The van der Waals surface area contributed by atoms with Crippen molar-refractivity contribution in [3.63, 3.8) is 0 Å². The van der Waals surface area contributed by atoms with E-state index in [9.17, 15) is 0 Å². The summed E-state index contributed by atoms with van der Waals surface area (Å²) in [5, 5.41) is 2.24. The number of hydroxylamine groups is 2. The van der Waals surface area contributed by atoms with E-state index in [1.807, 2.05) is 0 Å². The fourth-order valence-corrected chi connectivity index (χ4v) is 3.72. The zero-order valence-corrected chi connectivity index (χ0v) is 11.7. The first-order chi connectivity index (χ1) is 9.77. The van der Waals surface area contributed by atoms with E-state index in [0.717, 1.165) is 12.8 Å². The van der Waals surface area contributed by atoms with E-state index in [1.165, 1.54) is 11.1 Å². The van der Waals surface area contributed by atoms with Crippen molar-refractivity contribution in [2.45, 2.75) is 37.5 Å². The second-order valence-electron chi connectivity index (χ2n) is 6.06. The van der Waals surface area contributed by atoms with E-state index >= 15 is 0 Å². The van der Waals surface area contributed by atoms with Crippen LogP contribution in [0, 0.1) is 0 Å². The molecule has 1 unspecified atom stereocenters. The molecule has 2 fully saturated rings. The monoisotopic (exact) mass is 265 g/mol. The average Bonchev–Trinajstić information content (AvgIpc) is 3.07. The Morgan fingerprint density at radius 3 is 2.30 bits per heavy atom. The van der Waals surface area contributed by atoms with Crippen LogP contribution in [-0.4, -0.2) is 11.2 Å². The van der Waals surface area contributed by atoms with Crippen molar-refractivity contribution < 1.29 is 4.84 Å². The molecular formula is C18H19NO. The minimum atomic E-state index is -0.00924. The molecule has 2 bridgehead atoms. The molecule has 0 N–H and O–H groups in total. The highest BCUT2D eigenvalue weighted by Crippen LogP contribution is 2.53. The fraction of sp³-hybridized carbons (Fsp3) is 0.333. The predicted molar refractivity (Wildman–Crippen MR) is 78.9 cm³/mol. The average molecular weight is 265 g/mol.